The summed E-state index contributed by atoms with van der Waals surface area (Å²) in [6, 6.07) is 13.9. The van der Waals surface area contributed by atoms with E-state index in [9.17, 15) is 17.6 Å². The number of rotatable bonds is 5. The summed E-state index contributed by atoms with van der Waals surface area (Å²) in [6.45, 7) is 0. The number of nitrogen functional groups attached to an aromatic ring is 1. The smallest absolute Gasteiger partial charge is 0.257 e. The fourth-order valence-electron chi connectivity index (χ4n) is 2.91. The summed E-state index contributed by atoms with van der Waals surface area (Å²) in [4.78, 5) is 16.5. The third-order valence-corrected chi connectivity index (χ3v) is 6.91. The largest absolute Gasteiger partial charge is 0.397 e. The van der Waals surface area contributed by atoms with Gasteiger partial charge in [-0.1, -0.05) is 18.2 Å². The van der Waals surface area contributed by atoms with E-state index in [1.165, 1.54) is 30.5 Å². The van der Waals surface area contributed by atoms with Crippen LogP contribution in [0.15, 0.2) is 65.8 Å². The van der Waals surface area contributed by atoms with Gasteiger partial charge in [0.15, 0.2) is 14.9 Å². The first kappa shape index (κ1) is 19.1. The van der Waals surface area contributed by atoms with Crippen LogP contribution >= 0.6 is 0 Å². The number of sulfone groups is 1. The summed E-state index contributed by atoms with van der Waals surface area (Å²) < 4.78 is 37.5. The van der Waals surface area contributed by atoms with Crippen molar-refractivity contribution < 1.29 is 17.6 Å². The van der Waals surface area contributed by atoms with Gasteiger partial charge in [0, 0.05) is 6.20 Å². The molecule has 1 amide bonds. The first-order chi connectivity index (χ1) is 13.8. The van der Waals surface area contributed by atoms with Crippen molar-refractivity contribution in [3.8, 4) is 11.1 Å². The lowest BCUT2D eigenvalue weighted by molar-refractivity contribution is 0.102. The van der Waals surface area contributed by atoms with Gasteiger partial charge in [0.1, 0.15) is 5.82 Å². The summed E-state index contributed by atoms with van der Waals surface area (Å²) in [7, 11) is -3.40. The van der Waals surface area contributed by atoms with E-state index in [0.29, 0.717) is 24.2 Å². The number of carbonyl (C=O) groups excluding carboxylic acids is 1. The Labute approximate surface area is 167 Å². The van der Waals surface area contributed by atoms with Gasteiger partial charge in [-0.3, -0.25) is 4.79 Å². The number of nitrogens with two attached hydrogens (primary N) is 1. The molecule has 1 saturated carbocycles. The molecule has 2 aromatic carbocycles. The maximum absolute atomic E-state index is 13.1. The van der Waals surface area contributed by atoms with E-state index in [4.69, 9.17) is 5.73 Å². The van der Waals surface area contributed by atoms with Crippen molar-refractivity contribution in [3.05, 3.63) is 72.2 Å². The highest BCUT2D eigenvalue weighted by Crippen LogP contribution is 2.32. The van der Waals surface area contributed by atoms with Crippen LogP contribution in [0, 0.1) is 5.82 Å². The molecule has 0 unspecified atom stereocenters. The molecule has 29 heavy (non-hydrogen) atoms. The molecule has 1 aliphatic carbocycles. The molecule has 0 aliphatic heterocycles. The second-order valence-electron chi connectivity index (χ2n) is 6.89. The third kappa shape index (κ3) is 3.97. The Morgan fingerprint density at radius 1 is 1.03 bits per heavy atom. The van der Waals surface area contributed by atoms with Crippen molar-refractivity contribution in [1.29, 1.82) is 0 Å². The third-order valence-electron chi connectivity index (χ3n) is 4.73. The Hall–Kier alpha value is -3.26. The number of hydrogen-bond donors (Lipinski definition) is 2. The van der Waals surface area contributed by atoms with E-state index >= 15 is 0 Å². The van der Waals surface area contributed by atoms with Gasteiger partial charge in [-0.15, -0.1) is 0 Å². The molecule has 1 aromatic heterocycles. The highest BCUT2D eigenvalue weighted by molar-refractivity contribution is 7.92. The SMILES string of the molecule is Nc1ccc(-c2ccc(F)cc2)cc1NC(=O)c1ccc(S(=O)(=O)C2CC2)nc1. The van der Waals surface area contributed by atoms with Gasteiger partial charge in [0.05, 0.1) is 22.2 Å². The monoisotopic (exact) mass is 411 g/mol. The van der Waals surface area contributed by atoms with Crippen LogP contribution in [0.5, 0.6) is 0 Å². The Kier molecular flexibility index (Phi) is 4.79. The van der Waals surface area contributed by atoms with Gasteiger partial charge in [-0.2, -0.15) is 0 Å². The number of amides is 1. The molecule has 3 aromatic rings. The lowest BCUT2D eigenvalue weighted by Gasteiger charge is -2.11. The van der Waals surface area contributed by atoms with Crippen LogP contribution in [0.25, 0.3) is 11.1 Å². The van der Waals surface area contributed by atoms with Gasteiger partial charge in [0.2, 0.25) is 0 Å². The lowest BCUT2D eigenvalue weighted by Crippen LogP contribution is -2.15. The number of carbonyl (C=O) groups is 1. The first-order valence-electron chi connectivity index (χ1n) is 9.01. The number of halogens is 1. The summed E-state index contributed by atoms with van der Waals surface area (Å²) in [5.74, 6) is -0.798. The number of benzene rings is 2. The number of nitrogens with zero attached hydrogens (tertiary/aromatic N) is 1. The predicted molar refractivity (Wildman–Crippen MR) is 109 cm³/mol. The summed E-state index contributed by atoms with van der Waals surface area (Å²) in [6.07, 6.45) is 2.54. The molecule has 8 heteroatoms. The summed E-state index contributed by atoms with van der Waals surface area (Å²) >= 11 is 0. The standard InChI is InChI=1S/C21H18FN3O3S/c22-16-5-1-13(2-6-16)14-3-9-18(23)19(11-14)25-21(26)15-4-10-20(24-12-15)29(27,28)17-7-8-17/h1-6,9-12,17H,7-8,23H2,(H,25,26). The zero-order valence-electron chi connectivity index (χ0n) is 15.3. The minimum Gasteiger partial charge on any atom is -0.397 e. The fourth-order valence-corrected chi connectivity index (χ4v) is 4.47. The Bertz CT molecular complexity index is 1170. The highest BCUT2D eigenvalue weighted by Gasteiger charge is 2.37. The molecule has 4 rings (SSSR count). The van der Waals surface area contributed by atoms with Crippen LogP contribution in [0.3, 0.4) is 0 Å². The van der Waals surface area contributed by atoms with E-state index in [2.05, 4.69) is 10.3 Å². The van der Waals surface area contributed by atoms with Crippen molar-refractivity contribution in [1.82, 2.24) is 4.98 Å². The predicted octanol–water partition coefficient (Wildman–Crippen LogP) is 3.66. The van der Waals surface area contributed by atoms with Crippen LogP contribution in [-0.4, -0.2) is 24.6 Å². The molecule has 1 fully saturated rings. The number of aromatic nitrogens is 1. The highest BCUT2D eigenvalue weighted by atomic mass is 32.2. The molecule has 3 N–H and O–H groups in total. The van der Waals surface area contributed by atoms with E-state index in [0.717, 1.165) is 11.1 Å². The van der Waals surface area contributed by atoms with Crippen LogP contribution in [0.1, 0.15) is 23.2 Å². The lowest BCUT2D eigenvalue weighted by atomic mass is 10.0. The van der Waals surface area contributed by atoms with Crippen LogP contribution in [0.2, 0.25) is 0 Å². The van der Waals surface area contributed by atoms with Crippen molar-refractivity contribution >= 4 is 27.1 Å². The Balaban J connectivity index is 1.55. The number of anilines is 2. The average Bonchev–Trinajstić information content (AvgIpc) is 3.56. The van der Waals surface area contributed by atoms with Gasteiger partial charge in [-0.05, 0) is 60.4 Å². The molecule has 0 radical (unpaired) electrons. The molecule has 1 heterocycles. The minimum atomic E-state index is -3.40. The van der Waals surface area contributed by atoms with E-state index in [-0.39, 0.29) is 21.7 Å². The minimum absolute atomic E-state index is 0.0191. The average molecular weight is 411 g/mol. The molecule has 6 nitrogen and oxygen atoms in total. The molecule has 0 spiro atoms. The molecule has 148 valence electrons. The number of hydrogen-bond acceptors (Lipinski definition) is 5. The Morgan fingerprint density at radius 2 is 1.72 bits per heavy atom. The summed E-state index contributed by atoms with van der Waals surface area (Å²) in [5, 5.41) is 2.34. The van der Waals surface area contributed by atoms with E-state index < -0.39 is 15.7 Å². The quantitative estimate of drug-likeness (QED) is 0.624. The van der Waals surface area contributed by atoms with Gasteiger partial charge in [-0.25, -0.2) is 17.8 Å². The fraction of sp³-hybridized carbons (Fsp3) is 0.143. The Morgan fingerprint density at radius 3 is 2.34 bits per heavy atom. The first-order valence-corrected chi connectivity index (χ1v) is 10.6. The zero-order valence-corrected chi connectivity index (χ0v) is 16.1. The topological polar surface area (TPSA) is 102 Å². The molecule has 0 atom stereocenters. The second-order valence-corrected chi connectivity index (χ2v) is 9.07. The maximum atomic E-state index is 13.1. The van der Waals surface area contributed by atoms with Crippen molar-refractivity contribution in [3.63, 3.8) is 0 Å². The van der Waals surface area contributed by atoms with Gasteiger partial charge < -0.3 is 11.1 Å². The van der Waals surface area contributed by atoms with Crippen molar-refractivity contribution in [2.75, 3.05) is 11.1 Å². The second kappa shape index (κ2) is 7.29. The molecular weight excluding hydrogens is 393 g/mol. The molecular formula is C21H18FN3O3S. The molecule has 0 bridgehead atoms. The van der Waals surface area contributed by atoms with E-state index in [1.807, 2.05) is 0 Å². The maximum Gasteiger partial charge on any atom is 0.257 e. The van der Waals surface area contributed by atoms with Crippen LogP contribution in [0.4, 0.5) is 15.8 Å². The van der Waals surface area contributed by atoms with E-state index in [1.54, 1.807) is 30.3 Å². The number of pyridine rings is 1. The normalized spacial score (nSPS) is 13.8. The van der Waals surface area contributed by atoms with Crippen LogP contribution < -0.4 is 11.1 Å². The van der Waals surface area contributed by atoms with Crippen LogP contribution in [-0.2, 0) is 9.84 Å². The zero-order chi connectivity index (χ0) is 20.6. The summed E-state index contributed by atoms with van der Waals surface area (Å²) in [5.41, 5.74) is 8.48. The van der Waals surface area contributed by atoms with Crippen molar-refractivity contribution in [2.45, 2.75) is 23.1 Å². The molecule has 0 saturated heterocycles. The van der Waals surface area contributed by atoms with Crippen molar-refractivity contribution in [2.24, 2.45) is 0 Å². The van der Waals surface area contributed by atoms with Gasteiger partial charge >= 0.3 is 0 Å². The van der Waals surface area contributed by atoms with Gasteiger partial charge in [0.25, 0.3) is 5.91 Å². The number of nitrogens with one attached hydrogen (secondary N) is 1. The molecule has 1 aliphatic rings.